The molecule has 1 aromatic carbocycles. The summed E-state index contributed by atoms with van der Waals surface area (Å²) in [4.78, 5) is 27.9. The van der Waals surface area contributed by atoms with Gasteiger partial charge in [0.2, 0.25) is 0 Å². The van der Waals surface area contributed by atoms with Gasteiger partial charge in [-0.15, -0.1) is 0 Å². The molecule has 0 aliphatic carbocycles. The lowest BCUT2D eigenvalue weighted by molar-refractivity contribution is 0.0707. The molecule has 0 atom stereocenters. The molecule has 1 fully saturated rings. The predicted molar refractivity (Wildman–Crippen MR) is 97.6 cm³/mol. The molecule has 4 rings (SSSR count). The molecule has 0 unspecified atom stereocenters. The van der Waals surface area contributed by atoms with E-state index in [-0.39, 0.29) is 11.6 Å². The predicted octanol–water partition coefficient (Wildman–Crippen LogP) is 2.98. The Morgan fingerprint density at radius 2 is 2.00 bits per heavy atom. The number of fused-ring (bicyclic) bond motifs is 1. The number of carbonyl (C=O) groups is 1. The number of rotatable bonds is 3. The van der Waals surface area contributed by atoms with Crippen LogP contribution in [0.25, 0.3) is 11.0 Å². The fraction of sp³-hybridized carbons (Fsp3) is 0.316. The summed E-state index contributed by atoms with van der Waals surface area (Å²) in [6.07, 6.45) is 4.78. The molecule has 27 heavy (non-hydrogen) atoms. The van der Waals surface area contributed by atoms with E-state index in [1.807, 2.05) is 19.3 Å². The van der Waals surface area contributed by atoms with E-state index in [1.165, 1.54) is 18.5 Å². The summed E-state index contributed by atoms with van der Waals surface area (Å²) in [6, 6.07) is 5.81. The highest BCUT2D eigenvalue weighted by Crippen LogP contribution is 2.27. The van der Waals surface area contributed by atoms with Crippen LogP contribution in [0.3, 0.4) is 0 Å². The minimum absolute atomic E-state index is 0.194. The summed E-state index contributed by atoms with van der Waals surface area (Å²) in [7, 11) is 1.98. The number of aromatic amines is 1. The van der Waals surface area contributed by atoms with Crippen molar-refractivity contribution in [3.63, 3.8) is 0 Å². The fourth-order valence-corrected chi connectivity index (χ4v) is 3.61. The van der Waals surface area contributed by atoms with Crippen molar-refractivity contribution < 1.29 is 13.6 Å². The number of benzene rings is 1. The molecule has 1 amide bonds. The van der Waals surface area contributed by atoms with E-state index in [0.717, 1.165) is 35.8 Å². The molecule has 0 bridgehead atoms. The van der Waals surface area contributed by atoms with Gasteiger partial charge in [-0.2, -0.15) is 0 Å². The van der Waals surface area contributed by atoms with E-state index in [0.29, 0.717) is 13.1 Å². The minimum atomic E-state index is -1.09. The number of amides is 1. The minimum Gasteiger partial charge on any atom is -0.356 e. The summed E-state index contributed by atoms with van der Waals surface area (Å²) in [6.45, 7) is 0.955. The van der Waals surface area contributed by atoms with Crippen molar-refractivity contribution in [3.05, 3.63) is 54.0 Å². The number of anilines is 1. The van der Waals surface area contributed by atoms with Crippen LogP contribution in [-0.2, 0) is 0 Å². The smallest absolute Gasteiger partial charge is 0.256 e. The van der Waals surface area contributed by atoms with Crippen molar-refractivity contribution in [3.8, 4) is 0 Å². The molecular formula is C19H19F2N5O. The van der Waals surface area contributed by atoms with E-state index >= 15 is 0 Å². The van der Waals surface area contributed by atoms with E-state index in [2.05, 4.69) is 19.9 Å². The third-order valence-corrected chi connectivity index (χ3v) is 5.15. The molecule has 140 valence electrons. The fourth-order valence-electron chi connectivity index (χ4n) is 3.61. The molecule has 1 N–H and O–H groups in total. The Morgan fingerprint density at radius 3 is 2.78 bits per heavy atom. The molecular weight excluding hydrogens is 352 g/mol. The highest BCUT2D eigenvalue weighted by Gasteiger charge is 2.29. The van der Waals surface area contributed by atoms with Crippen molar-refractivity contribution >= 4 is 22.8 Å². The van der Waals surface area contributed by atoms with Gasteiger partial charge in [0.25, 0.3) is 5.91 Å². The second kappa shape index (κ2) is 6.94. The number of nitrogens with zero attached hydrogens (tertiary/aromatic N) is 4. The van der Waals surface area contributed by atoms with E-state index in [9.17, 15) is 13.6 Å². The van der Waals surface area contributed by atoms with Gasteiger partial charge in [0.05, 0.1) is 10.9 Å². The van der Waals surface area contributed by atoms with Crippen molar-refractivity contribution in [2.75, 3.05) is 25.0 Å². The van der Waals surface area contributed by atoms with Crippen molar-refractivity contribution in [2.24, 2.45) is 0 Å². The van der Waals surface area contributed by atoms with Gasteiger partial charge in [-0.1, -0.05) is 6.07 Å². The third-order valence-electron chi connectivity index (χ3n) is 5.15. The van der Waals surface area contributed by atoms with Crippen molar-refractivity contribution in [1.82, 2.24) is 19.9 Å². The molecule has 3 heterocycles. The molecule has 1 aliphatic rings. The maximum absolute atomic E-state index is 13.9. The van der Waals surface area contributed by atoms with Gasteiger partial charge >= 0.3 is 0 Å². The lowest BCUT2D eigenvalue weighted by Gasteiger charge is -2.37. The van der Waals surface area contributed by atoms with Crippen LogP contribution in [0.2, 0.25) is 0 Å². The molecule has 0 spiro atoms. The van der Waals surface area contributed by atoms with Gasteiger partial charge in [0.15, 0.2) is 11.6 Å². The lowest BCUT2D eigenvalue weighted by Crippen LogP contribution is -2.46. The van der Waals surface area contributed by atoms with Gasteiger partial charge in [-0.25, -0.2) is 18.7 Å². The Balaban J connectivity index is 1.46. The van der Waals surface area contributed by atoms with Crippen LogP contribution >= 0.6 is 0 Å². The Morgan fingerprint density at radius 1 is 1.22 bits per heavy atom. The second-order valence-electron chi connectivity index (χ2n) is 6.67. The highest BCUT2D eigenvalue weighted by atomic mass is 19.2. The van der Waals surface area contributed by atoms with Gasteiger partial charge < -0.3 is 14.8 Å². The first-order valence-electron chi connectivity index (χ1n) is 8.80. The van der Waals surface area contributed by atoms with Crippen molar-refractivity contribution in [1.29, 1.82) is 0 Å². The van der Waals surface area contributed by atoms with E-state index in [4.69, 9.17) is 0 Å². The SMILES string of the molecule is CN(c1ncnc2[nH]ccc12)C1CCN(C(=O)c2cccc(F)c2F)CC1. The molecule has 1 saturated heterocycles. The first-order chi connectivity index (χ1) is 13.1. The quantitative estimate of drug-likeness (QED) is 0.769. The van der Waals surface area contributed by atoms with Gasteiger partial charge in [-0.3, -0.25) is 4.79 Å². The Labute approximate surface area is 154 Å². The highest BCUT2D eigenvalue weighted by molar-refractivity contribution is 5.94. The average Bonchev–Trinajstić information content (AvgIpc) is 3.18. The molecule has 1 aliphatic heterocycles. The Bertz CT molecular complexity index is 981. The number of carbonyl (C=O) groups excluding carboxylic acids is 1. The topological polar surface area (TPSA) is 65.1 Å². The molecule has 2 aromatic heterocycles. The Hall–Kier alpha value is -3.03. The van der Waals surface area contributed by atoms with Crippen LogP contribution in [0.4, 0.5) is 14.6 Å². The van der Waals surface area contributed by atoms with Gasteiger partial charge in [0.1, 0.15) is 17.8 Å². The number of halogens is 2. The van der Waals surface area contributed by atoms with Gasteiger partial charge in [0, 0.05) is 32.4 Å². The molecule has 6 nitrogen and oxygen atoms in total. The number of aromatic nitrogens is 3. The number of hydrogen-bond acceptors (Lipinski definition) is 4. The molecule has 0 radical (unpaired) electrons. The maximum atomic E-state index is 13.9. The standard InChI is InChI=1S/C19H19F2N5O/c1-25(18-14-5-8-22-17(14)23-11-24-18)12-6-9-26(10-7-12)19(27)13-3-2-4-15(20)16(13)21/h2-5,8,11-12H,6-7,9-10H2,1H3,(H,22,23,24). The van der Waals surface area contributed by atoms with Crippen molar-refractivity contribution in [2.45, 2.75) is 18.9 Å². The Kier molecular flexibility index (Phi) is 4.47. The number of hydrogen-bond donors (Lipinski definition) is 1. The summed E-state index contributed by atoms with van der Waals surface area (Å²) >= 11 is 0. The zero-order valence-electron chi connectivity index (χ0n) is 14.8. The molecule has 8 heteroatoms. The summed E-state index contributed by atoms with van der Waals surface area (Å²) in [5.74, 6) is -1.72. The van der Waals surface area contributed by atoms with Crippen LogP contribution in [0.1, 0.15) is 23.2 Å². The van der Waals surface area contributed by atoms with E-state index < -0.39 is 17.5 Å². The van der Waals surface area contributed by atoms with Crippen LogP contribution in [0, 0.1) is 11.6 Å². The zero-order chi connectivity index (χ0) is 19.0. The first-order valence-corrected chi connectivity index (χ1v) is 8.80. The molecule has 0 saturated carbocycles. The number of H-pyrrole nitrogens is 1. The largest absolute Gasteiger partial charge is 0.356 e. The van der Waals surface area contributed by atoms with Crippen LogP contribution in [0.5, 0.6) is 0 Å². The first kappa shape index (κ1) is 17.4. The number of nitrogens with one attached hydrogen (secondary N) is 1. The number of likely N-dealkylation sites (tertiary alicyclic amines) is 1. The van der Waals surface area contributed by atoms with Crippen LogP contribution in [0.15, 0.2) is 36.8 Å². The zero-order valence-corrected chi connectivity index (χ0v) is 14.8. The number of piperidine rings is 1. The third kappa shape index (κ3) is 3.11. The van der Waals surface area contributed by atoms with Crippen LogP contribution < -0.4 is 4.90 Å². The normalized spacial score (nSPS) is 15.3. The molecule has 3 aromatic rings. The van der Waals surface area contributed by atoms with Crippen LogP contribution in [-0.4, -0.2) is 51.9 Å². The maximum Gasteiger partial charge on any atom is 0.256 e. The average molecular weight is 371 g/mol. The summed E-state index contributed by atoms with van der Waals surface area (Å²) < 4.78 is 27.3. The summed E-state index contributed by atoms with van der Waals surface area (Å²) in [5, 5.41) is 0.945. The lowest BCUT2D eigenvalue weighted by atomic mass is 10.0. The second-order valence-corrected chi connectivity index (χ2v) is 6.67. The summed E-state index contributed by atoms with van der Waals surface area (Å²) in [5.41, 5.74) is 0.563. The van der Waals surface area contributed by atoms with E-state index in [1.54, 1.807) is 4.90 Å². The van der Waals surface area contributed by atoms with Gasteiger partial charge in [-0.05, 0) is 31.0 Å². The monoisotopic (exact) mass is 371 g/mol.